The summed E-state index contributed by atoms with van der Waals surface area (Å²) in [6.45, 7) is 3.57. The van der Waals surface area contributed by atoms with Crippen molar-refractivity contribution in [3.05, 3.63) is 59.1 Å². The Morgan fingerprint density at radius 3 is 2.19 bits per heavy atom. The molecule has 0 saturated carbocycles. The minimum atomic E-state index is -3.77. The second-order valence-corrected chi connectivity index (χ2v) is 9.48. The van der Waals surface area contributed by atoms with Crippen LogP contribution < -0.4 is 14.4 Å². The zero-order chi connectivity index (χ0) is 23.9. The van der Waals surface area contributed by atoms with Gasteiger partial charge in [-0.15, -0.1) is 0 Å². The molecule has 0 aliphatic rings. The molecule has 2 aromatic rings. The third-order valence-corrected chi connectivity index (χ3v) is 6.19. The highest BCUT2D eigenvalue weighted by molar-refractivity contribution is 7.92. The van der Waals surface area contributed by atoms with Crippen LogP contribution in [0.15, 0.2) is 48.5 Å². The number of sulfonamides is 1. The highest BCUT2D eigenvalue weighted by Crippen LogP contribution is 2.22. The summed E-state index contributed by atoms with van der Waals surface area (Å²) in [5, 5.41) is 3.07. The van der Waals surface area contributed by atoms with Gasteiger partial charge in [-0.25, -0.2) is 8.42 Å². The third-order valence-electron chi connectivity index (χ3n) is 4.79. The van der Waals surface area contributed by atoms with Gasteiger partial charge in [0, 0.05) is 18.6 Å². The van der Waals surface area contributed by atoms with E-state index >= 15 is 0 Å². The van der Waals surface area contributed by atoms with Crippen molar-refractivity contribution in [2.45, 2.75) is 26.4 Å². The van der Waals surface area contributed by atoms with Crippen LogP contribution in [0.5, 0.6) is 5.75 Å². The van der Waals surface area contributed by atoms with E-state index in [0.29, 0.717) is 23.1 Å². The Balaban J connectivity index is 2.34. The molecule has 0 saturated heterocycles. The number of carbonyl (C=O) groups excluding carboxylic acids is 2. The lowest BCUT2D eigenvalue weighted by molar-refractivity contribution is -0.139. The first-order valence-corrected chi connectivity index (χ1v) is 12.3. The number of nitrogens with zero attached hydrogens (tertiary/aromatic N) is 2. The summed E-state index contributed by atoms with van der Waals surface area (Å²) in [6, 6.07) is 12.5. The Labute approximate surface area is 194 Å². The van der Waals surface area contributed by atoms with Crippen molar-refractivity contribution in [1.29, 1.82) is 0 Å². The van der Waals surface area contributed by atoms with Crippen LogP contribution in [0.1, 0.15) is 19.4 Å². The zero-order valence-electron chi connectivity index (χ0n) is 18.5. The molecule has 2 aromatic carbocycles. The molecular weight excluding hydrogens is 454 g/mol. The van der Waals surface area contributed by atoms with E-state index in [4.69, 9.17) is 16.3 Å². The summed E-state index contributed by atoms with van der Waals surface area (Å²) < 4.78 is 31.4. The molecule has 0 aromatic heterocycles. The molecule has 1 unspecified atom stereocenters. The SMILES string of the molecule is CCOc1ccc(N(CC(=O)N(Cc2ccc(Cl)cc2)C(C)C(=O)NC)S(C)(=O)=O)cc1. The third kappa shape index (κ3) is 6.86. The molecule has 174 valence electrons. The number of likely N-dealkylation sites (N-methyl/N-ethyl adjacent to an activating group) is 1. The topological polar surface area (TPSA) is 96.0 Å². The van der Waals surface area contributed by atoms with Gasteiger partial charge in [-0.1, -0.05) is 23.7 Å². The van der Waals surface area contributed by atoms with Crippen molar-refractivity contribution >= 4 is 39.1 Å². The Morgan fingerprint density at radius 1 is 1.09 bits per heavy atom. The number of carbonyl (C=O) groups is 2. The number of hydrogen-bond acceptors (Lipinski definition) is 5. The lowest BCUT2D eigenvalue weighted by atomic mass is 10.1. The molecule has 0 aliphatic carbocycles. The molecule has 1 atom stereocenters. The average Bonchev–Trinajstić information content (AvgIpc) is 2.76. The summed E-state index contributed by atoms with van der Waals surface area (Å²) in [7, 11) is -2.30. The molecule has 0 radical (unpaired) electrons. The number of ether oxygens (including phenoxy) is 1. The summed E-state index contributed by atoms with van der Waals surface area (Å²) in [6.07, 6.45) is 1.03. The fourth-order valence-electron chi connectivity index (χ4n) is 3.07. The number of benzene rings is 2. The molecule has 0 aliphatic heterocycles. The lowest BCUT2D eigenvalue weighted by Gasteiger charge is -2.31. The molecule has 1 N–H and O–H groups in total. The lowest BCUT2D eigenvalue weighted by Crippen LogP contribution is -2.50. The number of amides is 2. The fourth-order valence-corrected chi connectivity index (χ4v) is 4.04. The maximum absolute atomic E-state index is 13.3. The standard InChI is InChI=1S/C22H28ClN3O5S/c1-5-31-20-12-10-19(11-13-20)26(32(4,29)30)15-21(27)25(16(2)22(28)24-3)14-17-6-8-18(23)9-7-17/h6-13,16H,5,14-15H2,1-4H3,(H,24,28). The molecule has 10 heteroatoms. The van der Waals surface area contributed by atoms with Gasteiger partial charge in [-0.05, 0) is 55.8 Å². The minimum absolute atomic E-state index is 0.117. The highest BCUT2D eigenvalue weighted by atomic mass is 35.5. The van der Waals surface area contributed by atoms with Gasteiger partial charge in [0.1, 0.15) is 18.3 Å². The van der Waals surface area contributed by atoms with Gasteiger partial charge in [0.15, 0.2) is 0 Å². The van der Waals surface area contributed by atoms with E-state index < -0.39 is 28.5 Å². The summed E-state index contributed by atoms with van der Waals surface area (Å²) in [5.74, 6) is -0.289. The molecule has 2 amide bonds. The normalized spacial score (nSPS) is 12.0. The van der Waals surface area contributed by atoms with Crippen molar-refractivity contribution in [2.75, 3.05) is 30.8 Å². The van der Waals surface area contributed by atoms with Crippen LogP contribution in [-0.2, 0) is 26.2 Å². The van der Waals surface area contributed by atoms with E-state index in [1.807, 2.05) is 6.92 Å². The smallest absolute Gasteiger partial charge is 0.244 e. The summed E-state index contributed by atoms with van der Waals surface area (Å²) in [5.41, 5.74) is 1.08. The summed E-state index contributed by atoms with van der Waals surface area (Å²) >= 11 is 5.94. The summed E-state index contributed by atoms with van der Waals surface area (Å²) in [4.78, 5) is 26.9. The second-order valence-electron chi connectivity index (χ2n) is 7.13. The van der Waals surface area contributed by atoms with Gasteiger partial charge in [0.05, 0.1) is 18.6 Å². The Kier molecular flexibility index (Phi) is 8.91. The maximum Gasteiger partial charge on any atom is 0.244 e. The van der Waals surface area contributed by atoms with Crippen molar-refractivity contribution in [2.24, 2.45) is 0 Å². The Hall–Kier alpha value is -2.78. The maximum atomic E-state index is 13.3. The predicted octanol–water partition coefficient (Wildman–Crippen LogP) is 2.67. The number of hydrogen-bond donors (Lipinski definition) is 1. The van der Waals surface area contributed by atoms with E-state index in [1.54, 1.807) is 55.5 Å². The molecule has 0 bridgehead atoms. The van der Waals surface area contributed by atoms with E-state index in [9.17, 15) is 18.0 Å². The van der Waals surface area contributed by atoms with Gasteiger partial charge in [0.2, 0.25) is 21.8 Å². The average molecular weight is 482 g/mol. The molecule has 0 spiro atoms. The van der Waals surface area contributed by atoms with Crippen LogP contribution in [-0.4, -0.2) is 57.6 Å². The number of anilines is 1. The van der Waals surface area contributed by atoms with Crippen LogP contribution in [0, 0.1) is 0 Å². The van der Waals surface area contributed by atoms with E-state index in [-0.39, 0.29) is 12.5 Å². The Bertz CT molecular complexity index is 1030. The van der Waals surface area contributed by atoms with Crippen molar-refractivity contribution < 1.29 is 22.7 Å². The highest BCUT2D eigenvalue weighted by Gasteiger charge is 2.29. The van der Waals surface area contributed by atoms with Gasteiger partial charge >= 0.3 is 0 Å². The largest absolute Gasteiger partial charge is 0.494 e. The fraction of sp³-hybridized carbons (Fsp3) is 0.364. The van der Waals surface area contributed by atoms with E-state index in [0.717, 1.165) is 16.1 Å². The van der Waals surface area contributed by atoms with Gasteiger partial charge < -0.3 is 15.0 Å². The molecule has 0 heterocycles. The van der Waals surface area contributed by atoms with Crippen LogP contribution in [0.25, 0.3) is 0 Å². The van der Waals surface area contributed by atoms with Gasteiger partial charge in [-0.3, -0.25) is 13.9 Å². The first kappa shape index (κ1) is 25.5. The monoisotopic (exact) mass is 481 g/mol. The first-order valence-electron chi connectivity index (χ1n) is 10.0. The quantitative estimate of drug-likeness (QED) is 0.562. The van der Waals surface area contributed by atoms with Gasteiger partial charge in [-0.2, -0.15) is 0 Å². The minimum Gasteiger partial charge on any atom is -0.494 e. The van der Waals surface area contributed by atoms with E-state index in [1.165, 1.54) is 11.9 Å². The van der Waals surface area contributed by atoms with Gasteiger partial charge in [0.25, 0.3) is 0 Å². The van der Waals surface area contributed by atoms with Crippen LogP contribution >= 0.6 is 11.6 Å². The molecule has 2 rings (SSSR count). The van der Waals surface area contributed by atoms with Crippen LogP contribution in [0.2, 0.25) is 5.02 Å². The first-order chi connectivity index (χ1) is 15.1. The number of nitrogens with one attached hydrogen (secondary N) is 1. The molecule has 8 nitrogen and oxygen atoms in total. The van der Waals surface area contributed by atoms with Crippen LogP contribution in [0.3, 0.4) is 0 Å². The van der Waals surface area contributed by atoms with Crippen molar-refractivity contribution in [1.82, 2.24) is 10.2 Å². The van der Waals surface area contributed by atoms with Crippen molar-refractivity contribution in [3.8, 4) is 5.75 Å². The number of halogens is 1. The van der Waals surface area contributed by atoms with Crippen molar-refractivity contribution in [3.63, 3.8) is 0 Å². The molecule has 32 heavy (non-hydrogen) atoms. The molecule has 0 fully saturated rings. The predicted molar refractivity (Wildman–Crippen MR) is 125 cm³/mol. The van der Waals surface area contributed by atoms with E-state index in [2.05, 4.69) is 5.32 Å². The second kappa shape index (κ2) is 11.2. The Morgan fingerprint density at radius 2 is 1.69 bits per heavy atom. The zero-order valence-corrected chi connectivity index (χ0v) is 20.1. The molecular formula is C22H28ClN3O5S. The van der Waals surface area contributed by atoms with Crippen LogP contribution in [0.4, 0.5) is 5.69 Å². The number of rotatable bonds is 10.